The smallest absolute Gasteiger partial charge is 0.416 e. The highest BCUT2D eigenvalue weighted by atomic mass is 19.4. The van der Waals surface area contributed by atoms with E-state index in [1.807, 2.05) is 13.0 Å². The van der Waals surface area contributed by atoms with E-state index in [0.717, 1.165) is 56.2 Å². The predicted molar refractivity (Wildman–Crippen MR) is 157 cm³/mol. The molecule has 2 aliphatic heterocycles. The number of likely N-dealkylation sites (tertiary alicyclic amines) is 2. The summed E-state index contributed by atoms with van der Waals surface area (Å²) in [6.07, 6.45) is 1.03. The van der Waals surface area contributed by atoms with Crippen LogP contribution in [0.5, 0.6) is 0 Å². The summed E-state index contributed by atoms with van der Waals surface area (Å²) in [6.45, 7) is 6.48. The molecule has 2 aromatic rings. The summed E-state index contributed by atoms with van der Waals surface area (Å²) >= 11 is 0. The molecule has 3 fully saturated rings. The molecule has 0 radical (unpaired) electrons. The minimum Gasteiger partial charge on any atom is -0.481 e. The second-order valence-electron chi connectivity index (χ2n) is 12.2. The average molecular weight is 600 g/mol. The number of alkyl halides is 3. The molecular weight excluding hydrogens is 559 g/mol. The Balaban J connectivity index is 1.15. The monoisotopic (exact) mass is 599 g/mol. The van der Waals surface area contributed by atoms with E-state index in [1.54, 1.807) is 17.0 Å². The van der Waals surface area contributed by atoms with Crippen LogP contribution in [0.4, 0.5) is 13.2 Å². The summed E-state index contributed by atoms with van der Waals surface area (Å²) in [5.74, 6) is -1.37. The molecule has 0 aromatic heterocycles. The summed E-state index contributed by atoms with van der Waals surface area (Å²) in [6, 6.07) is 10.6. The van der Waals surface area contributed by atoms with Crippen LogP contribution in [0.15, 0.2) is 41.6 Å². The van der Waals surface area contributed by atoms with Gasteiger partial charge in [0.25, 0.3) is 0 Å². The van der Waals surface area contributed by atoms with Crippen LogP contribution < -0.4 is 0 Å². The number of amides is 1. The zero-order valence-electron chi connectivity index (χ0n) is 24.8. The molecular formula is C33H40F3N3O4. The Labute approximate surface area is 250 Å². The molecule has 1 N–H and O–H groups in total. The molecule has 2 saturated heterocycles. The number of halogens is 3. The van der Waals surface area contributed by atoms with E-state index in [9.17, 15) is 22.8 Å². The van der Waals surface area contributed by atoms with Crippen molar-refractivity contribution in [3.8, 4) is 0 Å². The second kappa shape index (κ2) is 13.1. The van der Waals surface area contributed by atoms with Gasteiger partial charge in [-0.15, -0.1) is 0 Å². The summed E-state index contributed by atoms with van der Waals surface area (Å²) in [7, 11) is 0. The van der Waals surface area contributed by atoms with E-state index >= 15 is 0 Å². The topological polar surface area (TPSA) is 82.4 Å². The lowest BCUT2D eigenvalue weighted by atomic mass is 9.81. The molecule has 0 bridgehead atoms. The number of oxime groups is 1. The van der Waals surface area contributed by atoms with Gasteiger partial charge in [-0.3, -0.25) is 14.5 Å². The van der Waals surface area contributed by atoms with Gasteiger partial charge in [0.15, 0.2) is 0 Å². The molecule has 1 aliphatic carbocycles. The fourth-order valence-corrected chi connectivity index (χ4v) is 6.47. The number of benzene rings is 2. The lowest BCUT2D eigenvalue weighted by Crippen LogP contribution is -2.60. The van der Waals surface area contributed by atoms with E-state index in [1.165, 1.54) is 11.6 Å². The summed E-state index contributed by atoms with van der Waals surface area (Å²) < 4.78 is 41.7. The van der Waals surface area contributed by atoms with E-state index < -0.39 is 23.6 Å². The van der Waals surface area contributed by atoms with Crippen LogP contribution >= 0.6 is 0 Å². The standard InChI is InChI=1S/C33H40F3N3O4/c1-3-23-14-25(10-11-26(23)15-38-16-27(17-38)31(40)39-18-28(19-39)32(41)42)21(2)37-43-20-22-9-12-29(24-7-5-4-6-8-24)30(13-22)33(34,35)36/h9-14,24,27-28H,3-8,15-20H2,1-2H3,(H,41,42)/b37-21+. The Morgan fingerprint density at radius 1 is 0.977 bits per heavy atom. The number of aryl methyl sites for hydroxylation is 1. The van der Waals surface area contributed by atoms with Gasteiger partial charge in [0.2, 0.25) is 5.91 Å². The molecule has 43 heavy (non-hydrogen) atoms. The highest BCUT2D eigenvalue weighted by molar-refractivity contribution is 5.98. The fraction of sp³-hybridized carbons (Fsp3) is 0.545. The molecule has 1 saturated carbocycles. The SMILES string of the molecule is CCc1cc(/C(C)=N/OCc2ccc(C3CCCCC3)c(C(F)(F)F)c2)ccc1CN1CC(C(=O)N2CC(C(=O)O)C2)C1. The molecule has 1 amide bonds. The maximum atomic E-state index is 13.9. The van der Waals surface area contributed by atoms with Gasteiger partial charge < -0.3 is 14.8 Å². The molecule has 5 rings (SSSR count). The molecule has 0 unspecified atom stereocenters. The first-order chi connectivity index (χ1) is 20.5. The molecule has 3 aliphatic rings. The molecule has 232 valence electrons. The first-order valence-electron chi connectivity index (χ1n) is 15.3. The Bertz CT molecular complexity index is 1360. The first kappa shape index (κ1) is 31.0. The van der Waals surface area contributed by atoms with Gasteiger partial charge in [-0.25, -0.2) is 0 Å². The predicted octanol–water partition coefficient (Wildman–Crippen LogP) is 6.23. The molecule has 2 heterocycles. The summed E-state index contributed by atoms with van der Waals surface area (Å²) in [5, 5.41) is 13.2. The van der Waals surface area contributed by atoms with Gasteiger partial charge in [0.05, 0.1) is 23.1 Å². The summed E-state index contributed by atoms with van der Waals surface area (Å²) in [4.78, 5) is 32.9. The van der Waals surface area contributed by atoms with Gasteiger partial charge in [-0.2, -0.15) is 13.2 Å². The Morgan fingerprint density at radius 2 is 1.70 bits per heavy atom. The number of hydrogen-bond acceptors (Lipinski definition) is 5. The molecule has 0 spiro atoms. The van der Waals surface area contributed by atoms with Crippen LogP contribution in [0.2, 0.25) is 0 Å². The third-order valence-corrected chi connectivity index (χ3v) is 9.15. The number of carbonyl (C=O) groups is 2. The van der Waals surface area contributed by atoms with Crippen LogP contribution in [-0.4, -0.2) is 58.7 Å². The van der Waals surface area contributed by atoms with Crippen LogP contribution in [-0.2, 0) is 40.2 Å². The van der Waals surface area contributed by atoms with Crippen molar-refractivity contribution in [1.29, 1.82) is 0 Å². The number of rotatable bonds is 10. The summed E-state index contributed by atoms with van der Waals surface area (Å²) in [5.41, 5.74) is 4.12. The Kier molecular flexibility index (Phi) is 9.44. The minimum absolute atomic E-state index is 0.0414. The first-order valence-corrected chi connectivity index (χ1v) is 15.3. The van der Waals surface area contributed by atoms with Crippen molar-refractivity contribution >= 4 is 17.6 Å². The lowest BCUT2D eigenvalue weighted by Gasteiger charge is -2.44. The van der Waals surface area contributed by atoms with Gasteiger partial charge in [-0.05, 0) is 72.1 Å². The highest BCUT2D eigenvalue weighted by Crippen LogP contribution is 2.41. The quantitative estimate of drug-likeness (QED) is 0.259. The van der Waals surface area contributed by atoms with Crippen molar-refractivity contribution in [3.63, 3.8) is 0 Å². The largest absolute Gasteiger partial charge is 0.481 e. The molecule has 10 heteroatoms. The maximum Gasteiger partial charge on any atom is 0.416 e. The van der Waals surface area contributed by atoms with Crippen molar-refractivity contribution in [1.82, 2.24) is 9.80 Å². The van der Waals surface area contributed by atoms with Crippen LogP contribution in [0.25, 0.3) is 0 Å². The second-order valence-corrected chi connectivity index (χ2v) is 12.2. The number of nitrogens with zero attached hydrogens (tertiary/aromatic N) is 3. The van der Waals surface area contributed by atoms with E-state index in [-0.39, 0.29) is 24.3 Å². The number of hydrogen-bond donors (Lipinski definition) is 1. The van der Waals surface area contributed by atoms with E-state index in [2.05, 4.69) is 29.1 Å². The third kappa shape index (κ3) is 7.22. The van der Waals surface area contributed by atoms with Crippen molar-refractivity contribution in [2.45, 2.75) is 77.6 Å². The molecule has 2 aromatic carbocycles. The number of carbonyl (C=O) groups excluding carboxylic acids is 1. The number of carboxylic acids is 1. The number of carboxylic acid groups (broad SMARTS) is 1. The van der Waals surface area contributed by atoms with Gasteiger partial charge in [0, 0.05) is 32.7 Å². The maximum absolute atomic E-state index is 13.9. The zero-order chi connectivity index (χ0) is 30.7. The molecule has 7 nitrogen and oxygen atoms in total. The van der Waals surface area contributed by atoms with Crippen molar-refractivity contribution in [3.05, 3.63) is 69.8 Å². The lowest BCUT2D eigenvalue weighted by molar-refractivity contribution is -0.157. The van der Waals surface area contributed by atoms with E-state index in [4.69, 9.17) is 9.94 Å². The van der Waals surface area contributed by atoms with Crippen LogP contribution in [0.1, 0.15) is 85.3 Å². The zero-order valence-corrected chi connectivity index (χ0v) is 24.8. The highest BCUT2D eigenvalue weighted by Gasteiger charge is 2.42. The molecule has 0 atom stereocenters. The van der Waals surface area contributed by atoms with Gasteiger partial charge in [0.1, 0.15) is 6.61 Å². The Hall–Kier alpha value is -3.40. The third-order valence-electron chi connectivity index (χ3n) is 9.15. The van der Waals surface area contributed by atoms with E-state index in [0.29, 0.717) is 43.0 Å². The van der Waals surface area contributed by atoms with Crippen LogP contribution in [0, 0.1) is 11.8 Å². The van der Waals surface area contributed by atoms with Crippen molar-refractivity contribution in [2.75, 3.05) is 26.2 Å². The normalized spacial score (nSPS) is 19.2. The van der Waals surface area contributed by atoms with Crippen molar-refractivity contribution in [2.24, 2.45) is 17.0 Å². The van der Waals surface area contributed by atoms with Crippen LogP contribution in [0.3, 0.4) is 0 Å². The van der Waals surface area contributed by atoms with Gasteiger partial charge in [-0.1, -0.05) is 55.6 Å². The number of aliphatic carboxylic acids is 1. The van der Waals surface area contributed by atoms with Gasteiger partial charge >= 0.3 is 12.1 Å². The average Bonchev–Trinajstić information content (AvgIpc) is 2.93. The fourth-order valence-electron chi connectivity index (χ4n) is 6.47. The minimum atomic E-state index is -4.41. The van der Waals surface area contributed by atoms with Crippen molar-refractivity contribution < 1.29 is 32.7 Å². The Morgan fingerprint density at radius 3 is 2.35 bits per heavy atom.